The van der Waals surface area contributed by atoms with Gasteiger partial charge in [0, 0.05) is 44.8 Å². The molecule has 0 bridgehead atoms. The molecule has 0 amide bonds. The highest BCUT2D eigenvalue weighted by Gasteiger charge is 2.28. The van der Waals surface area contributed by atoms with Gasteiger partial charge in [0.15, 0.2) is 0 Å². The summed E-state index contributed by atoms with van der Waals surface area (Å²) in [6, 6.07) is 0.804. The van der Waals surface area contributed by atoms with E-state index in [1.807, 2.05) is 0 Å². The van der Waals surface area contributed by atoms with E-state index in [4.69, 9.17) is 0 Å². The summed E-state index contributed by atoms with van der Waals surface area (Å²) < 4.78 is 27.2. The van der Waals surface area contributed by atoms with Crippen molar-refractivity contribution in [1.29, 1.82) is 0 Å². The second-order valence-electron chi connectivity index (χ2n) is 6.28. The van der Waals surface area contributed by atoms with Gasteiger partial charge < -0.3 is 10.2 Å². The van der Waals surface area contributed by atoms with E-state index in [0.717, 1.165) is 19.6 Å². The van der Waals surface area contributed by atoms with E-state index in [-0.39, 0.29) is 11.3 Å². The highest BCUT2D eigenvalue weighted by atomic mass is 32.2. The van der Waals surface area contributed by atoms with Crippen molar-refractivity contribution in [1.82, 2.24) is 19.8 Å². The Balaban J connectivity index is 1.77. The molecule has 1 saturated heterocycles. The highest BCUT2D eigenvalue weighted by Crippen LogP contribution is 2.18. The first kappa shape index (κ1) is 16.2. The zero-order valence-corrected chi connectivity index (χ0v) is 13.6. The number of hydrogen-bond donors (Lipinski definition) is 2. The average molecular weight is 304 g/mol. The van der Waals surface area contributed by atoms with Crippen LogP contribution in [-0.2, 0) is 10.0 Å². The minimum atomic E-state index is -3.23. The Morgan fingerprint density at radius 1 is 1.25 bits per heavy atom. The lowest BCUT2D eigenvalue weighted by Gasteiger charge is -2.37. The van der Waals surface area contributed by atoms with Crippen LogP contribution in [0.1, 0.15) is 19.8 Å². The number of likely N-dealkylation sites (N-methyl/N-ethyl adjacent to an activating group) is 2. The Morgan fingerprint density at radius 3 is 2.60 bits per heavy atom. The molecule has 6 nitrogen and oxygen atoms in total. The smallest absolute Gasteiger partial charge is 0.215 e. The van der Waals surface area contributed by atoms with Crippen molar-refractivity contribution in [3.05, 3.63) is 0 Å². The molecule has 2 rings (SSSR count). The van der Waals surface area contributed by atoms with E-state index >= 15 is 0 Å². The molecule has 1 aliphatic heterocycles. The summed E-state index contributed by atoms with van der Waals surface area (Å²) in [7, 11) is 0.913. The number of nitrogens with zero attached hydrogens (tertiary/aromatic N) is 2. The summed E-state index contributed by atoms with van der Waals surface area (Å²) in [5.74, 6) is 0. The lowest BCUT2D eigenvalue weighted by molar-refractivity contribution is 0.117. The molecule has 20 heavy (non-hydrogen) atoms. The summed E-state index contributed by atoms with van der Waals surface area (Å²) in [6.07, 6.45) is 2.36. The SMILES string of the molecule is CC(CNC1CC1)S(=O)(=O)NCC1CN(C)CCN1C. The molecule has 2 unspecified atom stereocenters. The second kappa shape index (κ2) is 6.70. The van der Waals surface area contributed by atoms with Gasteiger partial charge in [0.2, 0.25) is 10.0 Å². The Bertz CT molecular complexity index is 411. The number of nitrogens with one attached hydrogen (secondary N) is 2. The number of hydrogen-bond acceptors (Lipinski definition) is 5. The molecule has 2 aliphatic rings. The zero-order valence-electron chi connectivity index (χ0n) is 12.8. The zero-order chi connectivity index (χ0) is 14.8. The molecule has 2 N–H and O–H groups in total. The van der Waals surface area contributed by atoms with Crippen LogP contribution in [0.2, 0.25) is 0 Å². The molecule has 0 spiro atoms. The lowest BCUT2D eigenvalue weighted by atomic mass is 10.2. The fourth-order valence-corrected chi connectivity index (χ4v) is 3.43. The van der Waals surface area contributed by atoms with Crippen LogP contribution in [0, 0.1) is 0 Å². The van der Waals surface area contributed by atoms with Crippen molar-refractivity contribution in [2.24, 2.45) is 0 Å². The number of piperazine rings is 1. The first-order valence-electron chi connectivity index (χ1n) is 7.49. The Morgan fingerprint density at radius 2 is 1.95 bits per heavy atom. The third kappa shape index (κ3) is 4.66. The maximum absolute atomic E-state index is 12.2. The molecule has 1 aliphatic carbocycles. The van der Waals surface area contributed by atoms with Gasteiger partial charge >= 0.3 is 0 Å². The number of sulfonamides is 1. The molecular formula is C13H28N4O2S. The van der Waals surface area contributed by atoms with Crippen molar-refractivity contribution in [2.75, 3.05) is 46.8 Å². The minimum Gasteiger partial charge on any atom is -0.313 e. The van der Waals surface area contributed by atoms with E-state index < -0.39 is 10.0 Å². The second-order valence-corrected chi connectivity index (χ2v) is 8.47. The summed E-state index contributed by atoms with van der Waals surface area (Å²) in [5, 5.41) is 2.90. The van der Waals surface area contributed by atoms with Gasteiger partial charge in [0.1, 0.15) is 0 Å². The van der Waals surface area contributed by atoms with Crippen LogP contribution >= 0.6 is 0 Å². The van der Waals surface area contributed by atoms with Crippen LogP contribution in [0.25, 0.3) is 0 Å². The average Bonchev–Trinajstić information content (AvgIpc) is 3.21. The van der Waals surface area contributed by atoms with Gasteiger partial charge in [-0.05, 0) is 33.9 Å². The molecule has 0 aromatic heterocycles. The fraction of sp³-hybridized carbons (Fsp3) is 1.00. The third-order valence-electron chi connectivity index (χ3n) is 4.30. The van der Waals surface area contributed by atoms with E-state index in [2.05, 4.69) is 33.9 Å². The van der Waals surface area contributed by atoms with Crippen molar-refractivity contribution in [2.45, 2.75) is 37.1 Å². The largest absolute Gasteiger partial charge is 0.313 e. The first-order chi connectivity index (χ1) is 9.38. The summed E-state index contributed by atoms with van der Waals surface area (Å²) in [5.41, 5.74) is 0. The molecule has 7 heteroatoms. The molecule has 2 atom stereocenters. The maximum atomic E-state index is 12.2. The third-order valence-corrected chi connectivity index (χ3v) is 6.10. The minimum absolute atomic E-state index is 0.257. The van der Waals surface area contributed by atoms with Gasteiger partial charge in [0.05, 0.1) is 5.25 Å². The van der Waals surface area contributed by atoms with Crippen molar-refractivity contribution in [3.8, 4) is 0 Å². The standard InChI is InChI=1S/C13H28N4O2S/c1-11(8-14-12-4-5-12)20(18,19)15-9-13-10-16(2)6-7-17(13)3/h11-15H,4-10H2,1-3H3. The molecule has 1 saturated carbocycles. The van der Waals surface area contributed by atoms with E-state index in [1.165, 1.54) is 12.8 Å². The highest BCUT2D eigenvalue weighted by molar-refractivity contribution is 7.90. The van der Waals surface area contributed by atoms with Gasteiger partial charge in [-0.25, -0.2) is 13.1 Å². The van der Waals surface area contributed by atoms with Gasteiger partial charge in [-0.2, -0.15) is 0 Å². The monoisotopic (exact) mass is 304 g/mol. The van der Waals surface area contributed by atoms with Crippen LogP contribution in [0.3, 0.4) is 0 Å². The molecule has 2 fully saturated rings. The van der Waals surface area contributed by atoms with E-state index in [9.17, 15) is 8.42 Å². The molecule has 0 aromatic carbocycles. The number of rotatable bonds is 7. The van der Waals surface area contributed by atoms with Crippen LogP contribution in [0.15, 0.2) is 0 Å². The van der Waals surface area contributed by atoms with E-state index in [0.29, 0.717) is 19.1 Å². The topological polar surface area (TPSA) is 64.7 Å². The quantitative estimate of drug-likeness (QED) is 0.651. The molecule has 1 heterocycles. The van der Waals surface area contributed by atoms with Crippen LogP contribution in [0.5, 0.6) is 0 Å². The van der Waals surface area contributed by atoms with Gasteiger partial charge in [-0.1, -0.05) is 0 Å². The van der Waals surface area contributed by atoms with Crippen LogP contribution < -0.4 is 10.0 Å². The van der Waals surface area contributed by atoms with Crippen molar-refractivity contribution >= 4 is 10.0 Å². The summed E-state index contributed by atoms with van der Waals surface area (Å²) >= 11 is 0. The molecule has 0 aromatic rings. The summed E-state index contributed by atoms with van der Waals surface area (Å²) in [4.78, 5) is 4.48. The molecule has 0 radical (unpaired) electrons. The Hall–Kier alpha value is -0.210. The van der Waals surface area contributed by atoms with Crippen molar-refractivity contribution in [3.63, 3.8) is 0 Å². The van der Waals surface area contributed by atoms with Gasteiger partial charge in [0.25, 0.3) is 0 Å². The fourth-order valence-electron chi connectivity index (χ4n) is 2.41. The molecule has 118 valence electrons. The predicted molar refractivity (Wildman–Crippen MR) is 81.3 cm³/mol. The normalized spacial score (nSPS) is 27.6. The first-order valence-corrected chi connectivity index (χ1v) is 9.04. The van der Waals surface area contributed by atoms with Gasteiger partial charge in [-0.3, -0.25) is 4.90 Å². The predicted octanol–water partition coefficient (Wildman–Crippen LogP) is -0.708. The summed E-state index contributed by atoms with van der Waals surface area (Å²) in [6.45, 7) is 5.75. The Kier molecular flexibility index (Phi) is 5.42. The van der Waals surface area contributed by atoms with E-state index in [1.54, 1.807) is 6.92 Å². The lowest BCUT2D eigenvalue weighted by Crippen LogP contribution is -2.55. The van der Waals surface area contributed by atoms with Crippen LogP contribution in [0.4, 0.5) is 0 Å². The molecular weight excluding hydrogens is 276 g/mol. The van der Waals surface area contributed by atoms with Gasteiger partial charge in [-0.15, -0.1) is 0 Å². The van der Waals surface area contributed by atoms with Crippen molar-refractivity contribution < 1.29 is 8.42 Å². The maximum Gasteiger partial charge on any atom is 0.215 e. The Labute approximate surface area is 122 Å². The van der Waals surface area contributed by atoms with Crippen LogP contribution in [-0.4, -0.2) is 82.4 Å².